The van der Waals surface area contributed by atoms with Gasteiger partial charge in [0.2, 0.25) is 0 Å². The van der Waals surface area contributed by atoms with Gasteiger partial charge < -0.3 is 9.88 Å². The molecule has 1 aromatic heterocycles. The number of nitrogens with zero attached hydrogens (tertiary/aromatic N) is 2. The SMILES string of the molecule is CC(C)Cn1ccnc(NCCC(F)(F)F)c1=O. The topological polar surface area (TPSA) is 46.9 Å². The number of aromatic nitrogens is 2. The third kappa shape index (κ3) is 4.77. The molecule has 102 valence electrons. The number of nitrogens with one attached hydrogen (secondary N) is 1. The molecule has 0 bridgehead atoms. The molecule has 0 unspecified atom stereocenters. The summed E-state index contributed by atoms with van der Waals surface area (Å²) in [5, 5.41) is 2.42. The Hall–Kier alpha value is -1.53. The van der Waals surface area contributed by atoms with Crippen molar-refractivity contribution in [2.45, 2.75) is 33.0 Å². The van der Waals surface area contributed by atoms with Crippen molar-refractivity contribution in [3.63, 3.8) is 0 Å². The molecule has 1 rings (SSSR count). The molecule has 4 nitrogen and oxygen atoms in total. The van der Waals surface area contributed by atoms with Gasteiger partial charge in [0.1, 0.15) is 0 Å². The quantitative estimate of drug-likeness (QED) is 0.886. The fraction of sp³-hybridized carbons (Fsp3) is 0.636. The van der Waals surface area contributed by atoms with E-state index in [0.717, 1.165) is 0 Å². The lowest BCUT2D eigenvalue weighted by molar-refractivity contribution is -0.131. The third-order valence-electron chi connectivity index (χ3n) is 2.18. The Morgan fingerprint density at radius 1 is 1.44 bits per heavy atom. The van der Waals surface area contributed by atoms with Crippen LogP contribution in [-0.4, -0.2) is 22.3 Å². The van der Waals surface area contributed by atoms with Crippen LogP contribution in [0.2, 0.25) is 0 Å². The highest BCUT2D eigenvalue weighted by Crippen LogP contribution is 2.18. The van der Waals surface area contributed by atoms with Gasteiger partial charge in [-0.15, -0.1) is 0 Å². The van der Waals surface area contributed by atoms with Crippen LogP contribution in [0.4, 0.5) is 19.0 Å². The summed E-state index contributed by atoms with van der Waals surface area (Å²) in [7, 11) is 0. The third-order valence-corrected chi connectivity index (χ3v) is 2.18. The van der Waals surface area contributed by atoms with Gasteiger partial charge in [-0.1, -0.05) is 13.8 Å². The van der Waals surface area contributed by atoms with Gasteiger partial charge in [-0.25, -0.2) is 4.98 Å². The van der Waals surface area contributed by atoms with E-state index in [1.807, 2.05) is 13.8 Å². The molecule has 7 heteroatoms. The minimum absolute atomic E-state index is 0.0394. The van der Waals surface area contributed by atoms with Crippen LogP contribution in [0.3, 0.4) is 0 Å². The molecule has 1 N–H and O–H groups in total. The van der Waals surface area contributed by atoms with Gasteiger partial charge in [-0.3, -0.25) is 4.79 Å². The smallest absolute Gasteiger partial charge is 0.365 e. The van der Waals surface area contributed by atoms with E-state index in [-0.39, 0.29) is 18.3 Å². The number of alkyl halides is 3. The van der Waals surface area contributed by atoms with Gasteiger partial charge in [-0.2, -0.15) is 13.2 Å². The normalized spacial score (nSPS) is 11.9. The Kier molecular flexibility index (Phi) is 4.75. The van der Waals surface area contributed by atoms with Crippen LogP contribution in [-0.2, 0) is 6.54 Å². The fourth-order valence-electron chi connectivity index (χ4n) is 1.43. The zero-order valence-corrected chi connectivity index (χ0v) is 10.3. The number of rotatable bonds is 5. The summed E-state index contributed by atoms with van der Waals surface area (Å²) in [6.45, 7) is 4.06. The van der Waals surface area contributed by atoms with Gasteiger partial charge in [-0.05, 0) is 5.92 Å². The predicted molar refractivity (Wildman–Crippen MR) is 62.5 cm³/mol. The Bertz CT molecular complexity index is 440. The molecule has 0 saturated heterocycles. The summed E-state index contributed by atoms with van der Waals surface area (Å²) in [6.07, 6.45) is -2.30. The Morgan fingerprint density at radius 2 is 2.11 bits per heavy atom. The molecule has 0 saturated carbocycles. The van der Waals surface area contributed by atoms with Gasteiger partial charge >= 0.3 is 6.18 Å². The summed E-state index contributed by atoms with van der Waals surface area (Å²) in [5.74, 6) is 0.232. The van der Waals surface area contributed by atoms with Crippen LogP contribution in [0.5, 0.6) is 0 Å². The lowest BCUT2D eigenvalue weighted by atomic mass is 10.2. The zero-order chi connectivity index (χ0) is 13.8. The second-order valence-electron chi connectivity index (χ2n) is 4.42. The molecule has 0 radical (unpaired) electrons. The molecule has 1 heterocycles. The van der Waals surface area contributed by atoms with Gasteiger partial charge in [0.25, 0.3) is 5.56 Å². The molecule has 0 amide bonds. The van der Waals surface area contributed by atoms with Crippen LogP contribution < -0.4 is 10.9 Å². The maximum Gasteiger partial charge on any atom is 0.390 e. The van der Waals surface area contributed by atoms with Crippen LogP contribution in [0.15, 0.2) is 17.2 Å². The van der Waals surface area contributed by atoms with Crippen molar-refractivity contribution in [2.24, 2.45) is 5.92 Å². The van der Waals surface area contributed by atoms with Crippen molar-refractivity contribution >= 4 is 5.82 Å². The Balaban J connectivity index is 2.69. The average Bonchev–Trinajstić information content (AvgIpc) is 2.21. The van der Waals surface area contributed by atoms with Gasteiger partial charge in [0.05, 0.1) is 6.42 Å². The summed E-state index contributed by atoms with van der Waals surface area (Å²) in [6, 6.07) is 0. The molecule has 0 aromatic carbocycles. The van der Waals surface area contributed by atoms with Crippen LogP contribution >= 0.6 is 0 Å². The fourth-order valence-corrected chi connectivity index (χ4v) is 1.43. The van der Waals surface area contributed by atoms with Crippen molar-refractivity contribution in [1.29, 1.82) is 0 Å². The first kappa shape index (κ1) is 14.5. The van der Waals surface area contributed by atoms with Crippen LogP contribution in [0, 0.1) is 5.92 Å². The van der Waals surface area contributed by atoms with E-state index in [0.29, 0.717) is 6.54 Å². The van der Waals surface area contributed by atoms with E-state index < -0.39 is 18.2 Å². The lowest BCUT2D eigenvalue weighted by Crippen LogP contribution is -2.27. The second kappa shape index (κ2) is 5.88. The monoisotopic (exact) mass is 263 g/mol. The van der Waals surface area contributed by atoms with E-state index in [2.05, 4.69) is 10.3 Å². The van der Waals surface area contributed by atoms with Crippen molar-refractivity contribution in [3.05, 3.63) is 22.7 Å². The first-order valence-corrected chi connectivity index (χ1v) is 5.65. The number of anilines is 1. The molecular formula is C11H16F3N3O. The molecule has 1 aromatic rings. The Labute approximate surface area is 103 Å². The van der Waals surface area contributed by atoms with Crippen LogP contribution in [0.25, 0.3) is 0 Å². The predicted octanol–water partition coefficient (Wildman–Crippen LogP) is 2.26. The van der Waals surface area contributed by atoms with Crippen LogP contribution in [0.1, 0.15) is 20.3 Å². The van der Waals surface area contributed by atoms with Crippen molar-refractivity contribution in [2.75, 3.05) is 11.9 Å². The first-order chi connectivity index (χ1) is 8.29. The maximum absolute atomic E-state index is 12.0. The van der Waals surface area contributed by atoms with E-state index in [1.165, 1.54) is 17.0 Å². The summed E-state index contributed by atoms with van der Waals surface area (Å²) < 4.78 is 37.3. The van der Waals surface area contributed by atoms with E-state index >= 15 is 0 Å². The van der Waals surface area contributed by atoms with Crippen molar-refractivity contribution in [1.82, 2.24) is 9.55 Å². The zero-order valence-electron chi connectivity index (χ0n) is 10.3. The minimum Gasteiger partial charge on any atom is -0.365 e. The highest BCUT2D eigenvalue weighted by Gasteiger charge is 2.26. The largest absolute Gasteiger partial charge is 0.390 e. The van der Waals surface area contributed by atoms with Gasteiger partial charge in [0, 0.05) is 25.5 Å². The second-order valence-corrected chi connectivity index (χ2v) is 4.42. The highest BCUT2D eigenvalue weighted by molar-refractivity contribution is 5.30. The summed E-state index contributed by atoms with van der Waals surface area (Å²) in [5.41, 5.74) is -0.395. The molecular weight excluding hydrogens is 247 g/mol. The average molecular weight is 263 g/mol. The summed E-state index contributed by atoms with van der Waals surface area (Å²) >= 11 is 0. The van der Waals surface area contributed by atoms with E-state index in [1.54, 1.807) is 0 Å². The molecule has 0 aliphatic carbocycles. The number of hydrogen-bond acceptors (Lipinski definition) is 3. The summed E-state index contributed by atoms with van der Waals surface area (Å²) in [4.78, 5) is 15.6. The molecule has 0 aliphatic heterocycles. The minimum atomic E-state index is -4.24. The molecule has 18 heavy (non-hydrogen) atoms. The maximum atomic E-state index is 12.0. The highest BCUT2D eigenvalue weighted by atomic mass is 19.4. The molecule has 0 fully saturated rings. The van der Waals surface area contributed by atoms with E-state index in [9.17, 15) is 18.0 Å². The Morgan fingerprint density at radius 3 is 2.67 bits per heavy atom. The molecule has 0 atom stereocenters. The van der Waals surface area contributed by atoms with E-state index in [4.69, 9.17) is 0 Å². The molecule has 0 spiro atoms. The lowest BCUT2D eigenvalue weighted by Gasteiger charge is -2.11. The first-order valence-electron chi connectivity index (χ1n) is 5.65. The standard InChI is InChI=1S/C11H16F3N3O/c1-8(2)7-17-6-5-16-9(10(17)18)15-4-3-11(12,13)14/h5-6,8H,3-4,7H2,1-2H3,(H,15,16). The van der Waals surface area contributed by atoms with Crippen molar-refractivity contribution < 1.29 is 13.2 Å². The molecule has 0 aliphatic rings. The number of halogens is 3. The van der Waals surface area contributed by atoms with Crippen molar-refractivity contribution in [3.8, 4) is 0 Å². The van der Waals surface area contributed by atoms with Gasteiger partial charge in [0.15, 0.2) is 5.82 Å². The number of hydrogen-bond donors (Lipinski definition) is 1.